The molecule has 0 bridgehead atoms. The quantitative estimate of drug-likeness (QED) is 0.0879. The first-order valence-corrected chi connectivity index (χ1v) is 26.3. The van der Waals surface area contributed by atoms with E-state index in [0.717, 1.165) is 12.8 Å². The molecule has 0 aromatic heterocycles. The molecular formula is C47H72OSi2. The van der Waals surface area contributed by atoms with Gasteiger partial charge in [0.2, 0.25) is 0 Å². The molecule has 50 heavy (non-hydrogen) atoms. The number of hydrogen-bond acceptors (Lipinski definition) is 1. The average molecular weight is 709 g/mol. The molecule has 0 radical (unpaired) electrons. The lowest BCUT2D eigenvalue weighted by Gasteiger charge is -2.31. The normalized spacial score (nSPS) is 19.1. The maximum Gasteiger partial charge on any atom is 0.169 e. The van der Waals surface area contributed by atoms with E-state index in [9.17, 15) is 0 Å². The molecule has 2 aromatic carbocycles. The zero-order chi connectivity index (χ0) is 36.2. The molecule has 274 valence electrons. The Bertz CT molecular complexity index is 1230. The predicted octanol–water partition coefficient (Wildman–Crippen LogP) is 13.6. The van der Waals surface area contributed by atoms with Gasteiger partial charge < -0.3 is 0 Å². The van der Waals surface area contributed by atoms with Crippen molar-refractivity contribution in [2.75, 3.05) is 0 Å². The van der Waals surface area contributed by atoms with Crippen molar-refractivity contribution < 1.29 is 4.79 Å². The SMILES string of the molecule is CCCC[Si](C#C[C@]1(Cc2ccccc2)CC[C@](C#C[Si](CCCC)(CCCC)CCCC)(Cc2ccccc2)C1=O)(CCCC)CCCC. The van der Waals surface area contributed by atoms with Gasteiger partial charge in [-0.3, -0.25) is 4.79 Å². The predicted molar refractivity (Wildman–Crippen MR) is 225 cm³/mol. The fraction of sp³-hybridized carbons (Fsp3) is 0.638. The van der Waals surface area contributed by atoms with Crippen LogP contribution in [-0.2, 0) is 17.6 Å². The third kappa shape index (κ3) is 12.1. The van der Waals surface area contributed by atoms with E-state index in [1.165, 1.54) is 124 Å². The van der Waals surface area contributed by atoms with Crippen LogP contribution in [0.15, 0.2) is 60.7 Å². The molecule has 1 nitrogen and oxygen atoms in total. The topological polar surface area (TPSA) is 17.1 Å². The van der Waals surface area contributed by atoms with Crippen molar-refractivity contribution in [2.45, 2.75) is 181 Å². The zero-order valence-corrected chi connectivity index (χ0v) is 35.2. The van der Waals surface area contributed by atoms with Gasteiger partial charge in [-0.05, 0) is 73.1 Å². The van der Waals surface area contributed by atoms with Gasteiger partial charge in [-0.2, -0.15) is 0 Å². The van der Waals surface area contributed by atoms with E-state index < -0.39 is 27.0 Å². The van der Waals surface area contributed by atoms with Crippen molar-refractivity contribution in [3.05, 3.63) is 71.8 Å². The van der Waals surface area contributed by atoms with Crippen LogP contribution >= 0.6 is 0 Å². The number of carbonyl (C=O) groups is 1. The highest BCUT2D eigenvalue weighted by Crippen LogP contribution is 2.50. The lowest BCUT2D eigenvalue weighted by atomic mass is 9.73. The first kappa shape index (κ1) is 42.1. The Balaban J connectivity index is 2.26. The van der Waals surface area contributed by atoms with Gasteiger partial charge >= 0.3 is 0 Å². The molecule has 1 fully saturated rings. The largest absolute Gasteiger partial charge is 0.296 e. The minimum atomic E-state index is -1.88. The Morgan fingerprint density at radius 3 is 1.02 bits per heavy atom. The number of rotatable bonds is 22. The standard InChI is InChI=1S/C47H72OSi2/c1-7-13-33-49(34-14-8-2,35-15-9-3)39-31-46(41-43-25-21-19-22-26-43)29-30-47(45(46)48,42-44-27-23-20-24-28-44)32-40-50(36-16-10-4,37-17-11-5)38-18-12-6/h19-28H,7-18,29-30,33-38,41-42H2,1-6H3/t46-,47-/m0/s1. The summed E-state index contributed by atoms with van der Waals surface area (Å²) < 4.78 is 0. The summed E-state index contributed by atoms with van der Waals surface area (Å²) in [4.78, 5) is 15.7. The van der Waals surface area contributed by atoms with Gasteiger partial charge in [0.25, 0.3) is 0 Å². The number of hydrogen-bond donors (Lipinski definition) is 0. The van der Waals surface area contributed by atoms with Crippen molar-refractivity contribution >= 4 is 21.9 Å². The lowest BCUT2D eigenvalue weighted by Crippen LogP contribution is -2.40. The molecule has 1 aliphatic rings. The molecule has 0 N–H and O–H groups in total. The molecule has 0 spiro atoms. The Morgan fingerprint density at radius 2 is 0.760 bits per heavy atom. The highest BCUT2D eigenvalue weighted by atomic mass is 28.3. The van der Waals surface area contributed by atoms with Crippen LogP contribution in [0.5, 0.6) is 0 Å². The van der Waals surface area contributed by atoms with Crippen molar-refractivity contribution in [2.24, 2.45) is 10.8 Å². The third-order valence-electron chi connectivity index (χ3n) is 11.7. The number of ketones is 1. The summed E-state index contributed by atoms with van der Waals surface area (Å²) in [5.41, 5.74) is 9.44. The first-order valence-electron chi connectivity index (χ1n) is 21.0. The molecule has 1 saturated carbocycles. The maximum atomic E-state index is 15.7. The molecular weight excluding hydrogens is 637 g/mol. The number of carbonyl (C=O) groups excluding carboxylic acids is 1. The van der Waals surface area contributed by atoms with E-state index in [1.54, 1.807) is 0 Å². The highest BCUT2D eigenvalue weighted by Gasteiger charge is 2.55. The molecule has 1 aliphatic carbocycles. The number of benzene rings is 2. The van der Waals surface area contributed by atoms with Gasteiger partial charge in [0, 0.05) is 0 Å². The van der Waals surface area contributed by atoms with Crippen LogP contribution in [0.4, 0.5) is 0 Å². The summed E-state index contributed by atoms with van der Waals surface area (Å²) >= 11 is 0. The van der Waals surface area contributed by atoms with Gasteiger partial charge in [0.15, 0.2) is 5.78 Å². The molecule has 0 amide bonds. The summed E-state index contributed by atoms with van der Waals surface area (Å²) in [5.74, 6) is 8.35. The molecule has 0 unspecified atom stereocenters. The molecule has 3 heteroatoms. The Morgan fingerprint density at radius 1 is 0.480 bits per heavy atom. The van der Waals surface area contributed by atoms with E-state index in [-0.39, 0.29) is 0 Å². The van der Waals surface area contributed by atoms with E-state index in [2.05, 4.69) is 125 Å². The van der Waals surface area contributed by atoms with Gasteiger partial charge in [-0.15, -0.1) is 11.1 Å². The fourth-order valence-corrected chi connectivity index (χ4v) is 17.8. The second-order valence-electron chi connectivity index (χ2n) is 16.0. The fourth-order valence-electron chi connectivity index (χ4n) is 8.39. The van der Waals surface area contributed by atoms with Crippen LogP contribution in [0, 0.1) is 33.8 Å². The summed E-state index contributed by atoms with van der Waals surface area (Å²) in [6, 6.07) is 29.2. The van der Waals surface area contributed by atoms with Crippen LogP contribution in [0.3, 0.4) is 0 Å². The Kier molecular flexibility index (Phi) is 18.4. The van der Waals surface area contributed by atoms with Gasteiger partial charge in [-0.1, -0.05) is 191 Å². The summed E-state index contributed by atoms with van der Waals surface area (Å²) in [7, 11) is -3.75. The summed E-state index contributed by atoms with van der Waals surface area (Å²) in [5, 5.41) is 0. The van der Waals surface area contributed by atoms with Crippen LogP contribution in [0.2, 0.25) is 36.3 Å². The number of Topliss-reactive ketones (excluding diaryl/α,β-unsaturated/α-hetero) is 1. The van der Waals surface area contributed by atoms with Crippen molar-refractivity contribution in [1.82, 2.24) is 0 Å². The Labute approximate surface area is 311 Å². The third-order valence-corrected chi connectivity index (χ3v) is 20.9. The Hall–Kier alpha value is -2.34. The lowest BCUT2D eigenvalue weighted by molar-refractivity contribution is -0.129. The second-order valence-corrected chi connectivity index (χ2v) is 24.6. The van der Waals surface area contributed by atoms with Gasteiger partial charge in [0.05, 0.1) is 10.8 Å². The number of unbranched alkanes of at least 4 members (excludes halogenated alkanes) is 6. The van der Waals surface area contributed by atoms with Crippen molar-refractivity contribution in [3.8, 4) is 22.9 Å². The molecule has 0 heterocycles. The van der Waals surface area contributed by atoms with E-state index in [0.29, 0.717) is 18.6 Å². The second kappa shape index (κ2) is 21.9. The van der Waals surface area contributed by atoms with Crippen LogP contribution in [-0.4, -0.2) is 21.9 Å². The first-order chi connectivity index (χ1) is 24.3. The molecule has 2 atom stereocenters. The van der Waals surface area contributed by atoms with Crippen LogP contribution < -0.4 is 0 Å². The minimum Gasteiger partial charge on any atom is -0.296 e. The van der Waals surface area contributed by atoms with Crippen LogP contribution in [0.1, 0.15) is 143 Å². The molecule has 3 rings (SSSR count). The summed E-state index contributed by atoms with van der Waals surface area (Å²) in [6.45, 7) is 13.9. The van der Waals surface area contributed by atoms with Gasteiger partial charge in [-0.25, -0.2) is 0 Å². The maximum absolute atomic E-state index is 15.7. The minimum absolute atomic E-state index is 0.339. The van der Waals surface area contributed by atoms with Crippen molar-refractivity contribution in [3.63, 3.8) is 0 Å². The zero-order valence-electron chi connectivity index (χ0n) is 33.2. The molecule has 2 aromatic rings. The highest BCUT2D eigenvalue weighted by molar-refractivity contribution is 6.87. The van der Waals surface area contributed by atoms with E-state index in [4.69, 9.17) is 0 Å². The smallest absolute Gasteiger partial charge is 0.169 e. The van der Waals surface area contributed by atoms with E-state index >= 15 is 4.79 Å². The molecule has 0 saturated heterocycles. The van der Waals surface area contributed by atoms with Crippen LogP contribution in [0.25, 0.3) is 0 Å². The van der Waals surface area contributed by atoms with E-state index in [1.807, 2.05) is 0 Å². The molecule has 0 aliphatic heterocycles. The average Bonchev–Trinajstić information content (AvgIpc) is 3.41. The summed E-state index contributed by atoms with van der Waals surface area (Å²) in [6.07, 6.45) is 18.0. The van der Waals surface area contributed by atoms with Crippen molar-refractivity contribution in [1.29, 1.82) is 0 Å². The van der Waals surface area contributed by atoms with Gasteiger partial charge in [0.1, 0.15) is 16.1 Å². The monoisotopic (exact) mass is 709 g/mol.